The maximum Gasteiger partial charge on any atom is 0.251 e. The molecule has 26 heavy (non-hydrogen) atoms. The molecule has 0 saturated carbocycles. The largest absolute Gasteiger partial charge is 0.339 e. The molecule has 0 spiro atoms. The molecule has 1 N–H and O–H groups in total. The lowest BCUT2D eigenvalue weighted by molar-refractivity contribution is 0.741. The fourth-order valence-electron chi connectivity index (χ4n) is 3.46. The molecule has 1 aliphatic heterocycles. The molecule has 2 heterocycles. The van der Waals surface area contributed by atoms with E-state index in [1.807, 2.05) is 6.07 Å². The molecule has 3 aromatic rings. The van der Waals surface area contributed by atoms with Crippen LogP contribution in [0.1, 0.15) is 37.3 Å². The predicted molar refractivity (Wildman–Crippen MR) is 105 cm³/mol. The van der Waals surface area contributed by atoms with Gasteiger partial charge in [-0.3, -0.25) is 0 Å². The van der Waals surface area contributed by atoms with E-state index in [9.17, 15) is 0 Å². The first-order chi connectivity index (χ1) is 12.7. The highest BCUT2D eigenvalue weighted by molar-refractivity contribution is 5.65. The highest BCUT2D eigenvalue weighted by Gasteiger charge is 2.20. The van der Waals surface area contributed by atoms with Gasteiger partial charge in [0.1, 0.15) is 0 Å². The van der Waals surface area contributed by atoms with Gasteiger partial charge in [0.2, 0.25) is 0 Å². The molecular weight excluding hydrogens is 322 g/mol. The van der Waals surface area contributed by atoms with Crippen molar-refractivity contribution in [2.75, 3.05) is 16.8 Å². The van der Waals surface area contributed by atoms with Crippen molar-refractivity contribution >= 4 is 23.1 Å². The number of nitrogens with one attached hydrogen (secondary N) is 1. The number of hydrogen-bond acceptors (Lipinski definition) is 5. The number of rotatable bonds is 4. The molecule has 0 aliphatic carbocycles. The van der Waals surface area contributed by atoms with E-state index in [-0.39, 0.29) is 0 Å². The molecule has 0 amide bonds. The Morgan fingerprint density at radius 3 is 2.73 bits per heavy atom. The van der Waals surface area contributed by atoms with Crippen molar-refractivity contribution in [2.45, 2.75) is 32.6 Å². The van der Waals surface area contributed by atoms with Gasteiger partial charge >= 0.3 is 0 Å². The summed E-state index contributed by atoms with van der Waals surface area (Å²) in [4.78, 5) is 6.89. The molecule has 132 valence electrons. The third-order valence-electron chi connectivity index (χ3n) is 4.74. The highest BCUT2D eigenvalue weighted by Crippen LogP contribution is 2.32. The van der Waals surface area contributed by atoms with E-state index in [0.717, 1.165) is 25.1 Å². The fraction of sp³-hybridized carbons (Fsp3) is 0.286. The van der Waals surface area contributed by atoms with E-state index in [4.69, 9.17) is 4.98 Å². The second-order valence-electron chi connectivity index (χ2n) is 6.89. The summed E-state index contributed by atoms with van der Waals surface area (Å²) in [6, 6.07) is 16.8. The molecule has 0 saturated heterocycles. The molecule has 4 rings (SSSR count). The molecule has 0 unspecified atom stereocenters. The Balaban J connectivity index is 1.65. The van der Waals surface area contributed by atoms with Crippen LogP contribution in [0.4, 0.5) is 23.1 Å². The van der Waals surface area contributed by atoms with Crippen LogP contribution < -0.4 is 10.2 Å². The Morgan fingerprint density at radius 1 is 1.04 bits per heavy atom. The van der Waals surface area contributed by atoms with Crippen LogP contribution in [-0.2, 0) is 6.42 Å². The number of benzene rings is 2. The zero-order valence-corrected chi connectivity index (χ0v) is 15.2. The quantitative estimate of drug-likeness (QED) is 0.734. The number of para-hydroxylation sites is 2. The van der Waals surface area contributed by atoms with E-state index in [2.05, 4.69) is 76.7 Å². The molecule has 1 aromatic heterocycles. The molecule has 0 radical (unpaired) electrons. The number of nitrogens with zero attached hydrogens (tertiary/aromatic N) is 4. The lowest BCUT2D eigenvalue weighted by atomic mass is 10.0. The summed E-state index contributed by atoms with van der Waals surface area (Å²) in [6.45, 7) is 5.29. The van der Waals surface area contributed by atoms with Crippen LogP contribution >= 0.6 is 0 Å². The number of anilines is 4. The van der Waals surface area contributed by atoms with Crippen LogP contribution in [0, 0.1) is 0 Å². The minimum absolute atomic E-state index is 0.432. The SMILES string of the molecule is CC(C)c1ccccc1Nc1cnnc(N2CCCc3ccccc32)n1. The average molecular weight is 345 g/mol. The number of fused-ring (bicyclic) bond motifs is 1. The second-order valence-corrected chi connectivity index (χ2v) is 6.89. The Kier molecular flexibility index (Phi) is 4.52. The summed E-state index contributed by atoms with van der Waals surface area (Å²) in [5.41, 5.74) is 4.84. The van der Waals surface area contributed by atoms with Crippen LogP contribution in [-0.4, -0.2) is 21.7 Å². The predicted octanol–water partition coefficient (Wildman–Crippen LogP) is 4.82. The Morgan fingerprint density at radius 2 is 1.85 bits per heavy atom. The summed E-state index contributed by atoms with van der Waals surface area (Å²) < 4.78 is 0. The van der Waals surface area contributed by atoms with Gasteiger partial charge in [-0.25, -0.2) is 0 Å². The van der Waals surface area contributed by atoms with E-state index < -0.39 is 0 Å². The molecule has 1 aliphatic rings. The van der Waals surface area contributed by atoms with Crippen LogP contribution in [0.5, 0.6) is 0 Å². The molecule has 2 aromatic carbocycles. The topological polar surface area (TPSA) is 53.9 Å². The van der Waals surface area contributed by atoms with Gasteiger partial charge in [0.05, 0.1) is 6.20 Å². The van der Waals surface area contributed by atoms with Gasteiger partial charge in [-0.15, -0.1) is 5.10 Å². The van der Waals surface area contributed by atoms with E-state index in [0.29, 0.717) is 17.7 Å². The van der Waals surface area contributed by atoms with Crippen molar-refractivity contribution in [2.24, 2.45) is 0 Å². The van der Waals surface area contributed by atoms with Gasteiger partial charge in [-0.05, 0) is 42.0 Å². The van der Waals surface area contributed by atoms with Gasteiger partial charge in [0.15, 0.2) is 5.82 Å². The average Bonchev–Trinajstić information content (AvgIpc) is 2.68. The maximum atomic E-state index is 4.73. The number of hydrogen-bond donors (Lipinski definition) is 1. The molecule has 5 nitrogen and oxygen atoms in total. The Labute approximate surface area is 154 Å². The van der Waals surface area contributed by atoms with Crippen molar-refractivity contribution in [3.8, 4) is 0 Å². The maximum absolute atomic E-state index is 4.73. The van der Waals surface area contributed by atoms with Gasteiger partial charge in [0.25, 0.3) is 5.95 Å². The van der Waals surface area contributed by atoms with Gasteiger partial charge in [0, 0.05) is 17.9 Å². The summed E-state index contributed by atoms with van der Waals surface area (Å²) >= 11 is 0. The Bertz CT molecular complexity index is 906. The third kappa shape index (κ3) is 3.25. The molecular formula is C21H23N5. The number of aromatic nitrogens is 3. The minimum Gasteiger partial charge on any atom is -0.339 e. The van der Waals surface area contributed by atoms with E-state index >= 15 is 0 Å². The Hall–Kier alpha value is -2.95. The summed E-state index contributed by atoms with van der Waals surface area (Å²) in [5.74, 6) is 1.79. The monoisotopic (exact) mass is 345 g/mol. The standard InChI is InChI=1S/C21H23N5/c1-15(2)17-10-4-5-11-18(17)23-20-14-22-25-21(24-20)26-13-7-9-16-8-3-6-12-19(16)26/h3-6,8,10-12,14-15H,7,9,13H2,1-2H3,(H,23,24,25). The van der Waals surface area contributed by atoms with Crippen molar-refractivity contribution in [3.05, 3.63) is 65.9 Å². The van der Waals surface area contributed by atoms with Crippen LogP contribution in [0.15, 0.2) is 54.7 Å². The molecule has 0 fully saturated rings. The summed E-state index contributed by atoms with van der Waals surface area (Å²) in [7, 11) is 0. The van der Waals surface area contributed by atoms with Crippen LogP contribution in [0.3, 0.4) is 0 Å². The van der Waals surface area contributed by atoms with Gasteiger partial charge in [-0.2, -0.15) is 10.1 Å². The molecule has 5 heteroatoms. The smallest absolute Gasteiger partial charge is 0.251 e. The van der Waals surface area contributed by atoms with Crippen LogP contribution in [0.2, 0.25) is 0 Å². The minimum atomic E-state index is 0.432. The molecule has 0 bridgehead atoms. The zero-order valence-electron chi connectivity index (χ0n) is 15.2. The first kappa shape index (κ1) is 16.5. The van der Waals surface area contributed by atoms with Crippen molar-refractivity contribution in [3.63, 3.8) is 0 Å². The van der Waals surface area contributed by atoms with E-state index in [1.165, 1.54) is 16.8 Å². The van der Waals surface area contributed by atoms with Crippen LogP contribution in [0.25, 0.3) is 0 Å². The zero-order chi connectivity index (χ0) is 17.9. The number of aryl methyl sites for hydroxylation is 1. The fourth-order valence-corrected chi connectivity index (χ4v) is 3.46. The van der Waals surface area contributed by atoms with Crippen molar-refractivity contribution in [1.29, 1.82) is 0 Å². The van der Waals surface area contributed by atoms with Crippen molar-refractivity contribution < 1.29 is 0 Å². The van der Waals surface area contributed by atoms with Gasteiger partial charge in [-0.1, -0.05) is 50.2 Å². The normalized spacial score (nSPS) is 13.6. The highest BCUT2D eigenvalue weighted by atomic mass is 15.3. The summed E-state index contributed by atoms with van der Waals surface area (Å²) in [6.07, 6.45) is 3.87. The summed E-state index contributed by atoms with van der Waals surface area (Å²) in [5, 5.41) is 11.9. The lowest BCUT2D eigenvalue weighted by Gasteiger charge is -2.29. The first-order valence-corrected chi connectivity index (χ1v) is 9.13. The van der Waals surface area contributed by atoms with Gasteiger partial charge < -0.3 is 10.2 Å². The van der Waals surface area contributed by atoms with E-state index in [1.54, 1.807) is 6.20 Å². The molecule has 0 atom stereocenters. The second kappa shape index (κ2) is 7.12. The lowest BCUT2D eigenvalue weighted by Crippen LogP contribution is -2.26. The first-order valence-electron chi connectivity index (χ1n) is 9.13. The van der Waals surface area contributed by atoms with Crippen molar-refractivity contribution in [1.82, 2.24) is 15.2 Å². The third-order valence-corrected chi connectivity index (χ3v) is 4.74.